The summed E-state index contributed by atoms with van der Waals surface area (Å²) in [5, 5.41) is 0. The molecule has 36 valence electrons. The van der Waals surface area contributed by atoms with Crippen molar-refractivity contribution in [1.82, 2.24) is 0 Å². The quantitative estimate of drug-likeness (QED) is 0.417. The average molecular weight is 112 g/mol. The molecule has 0 amide bonds. The molecule has 2 heteroatoms. The first-order chi connectivity index (χ1) is 1.41. The predicted molar refractivity (Wildman–Crippen MR) is 38.2 cm³/mol. The SMILES string of the molecule is CCC.P.P. The van der Waals surface area contributed by atoms with Crippen LogP contribution in [0.25, 0.3) is 0 Å². The summed E-state index contributed by atoms with van der Waals surface area (Å²) in [4.78, 5) is 0. The van der Waals surface area contributed by atoms with E-state index in [1.54, 1.807) is 0 Å². The summed E-state index contributed by atoms with van der Waals surface area (Å²) in [5.74, 6) is 0. The van der Waals surface area contributed by atoms with Crippen LogP contribution in [0.4, 0.5) is 0 Å². The zero-order valence-corrected chi connectivity index (χ0v) is 6.95. The Hall–Kier alpha value is 0.860. The summed E-state index contributed by atoms with van der Waals surface area (Å²) < 4.78 is 0. The van der Waals surface area contributed by atoms with Crippen molar-refractivity contribution in [2.45, 2.75) is 20.3 Å². The van der Waals surface area contributed by atoms with Gasteiger partial charge in [-0.15, -0.1) is 0 Å². The summed E-state index contributed by atoms with van der Waals surface area (Å²) in [6.07, 6.45) is 1.25. The van der Waals surface area contributed by atoms with E-state index in [1.807, 2.05) is 0 Å². The van der Waals surface area contributed by atoms with Crippen LogP contribution >= 0.6 is 19.8 Å². The fourth-order valence-corrected chi connectivity index (χ4v) is 0. The summed E-state index contributed by atoms with van der Waals surface area (Å²) in [6, 6.07) is 0. The summed E-state index contributed by atoms with van der Waals surface area (Å²) in [7, 11) is 0. The maximum atomic E-state index is 2.12. The summed E-state index contributed by atoms with van der Waals surface area (Å²) in [5.41, 5.74) is 0. The first-order valence-corrected chi connectivity index (χ1v) is 1.41. The molecule has 0 aromatic carbocycles. The van der Waals surface area contributed by atoms with Crippen molar-refractivity contribution < 1.29 is 0 Å². The fraction of sp³-hybridized carbons (Fsp3) is 1.00. The van der Waals surface area contributed by atoms with Gasteiger partial charge in [0, 0.05) is 0 Å². The first-order valence-electron chi connectivity index (χ1n) is 1.41. The molecule has 0 aliphatic carbocycles. The predicted octanol–water partition coefficient (Wildman–Crippen LogP) is 1.53. The van der Waals surface area contributed by atoms with Gasteiger partial charge in [-0.25, -0.2) is 0 Å². The van der Waals surface area contributed by atoms with E-state index in [1.165, 1.54) is 6.42 Å². The van der Waals surface area contributed by atoms with Crippen LogP contribution in [0.1, 0.15) is 20.3 Å². The minimum absolute atomic E-state index is 0. The van der Waals surface area contributed by atoms with Crippen LogP contribution in [0.5, 0.6) is 0 Å². The van der Waals surface area contributed by atoms with E-state index in [0.29, 0.717) is 0 Å². The van der Waals surface area contributed by atoms with Gasteiger partial charge >= 0.3 is 0 Å². The Morgan fingerprint density at radius 1 is 1.00 bits per heavy atom. The van der Waals surface area contributed by atoms with Crippen molar-refractivity contribution in [1.29, 1.82) is 0 Å². The van der Waals surface area contributed by atoms with Gasteiger partial charge in [-0.2, -0.15) is 19.8 Å². The monoisotopic (exact) mass is 112 g/mol. The van der Waals surface area contributed by atoms with Crippen molar-refractivity contribution in [2.75, 3.05) is 0 Å². The van der Waals surface area contributed by atoms with E-state index >= 15 is 0 Å². The Kier molecular flexibility index (Phi) is 70.8. The molecular formula is C3H14P2. The zero-order chi connectivity index (χ0) is 2.71. The number of hydrogen-bond acceptors (Lipinski definition) is 0. The molecule has 0 radical (unpaired) electrons. The third-order valence-corrected chi connectivity index (χ3v) is 0. The van der Waals surface area contributed by atoms with Crippen LogP contribution in [0.15, 0.2) is 0 Å². The maximum absolute atomic E-state index is 2.12. The van der Waals surface area contributed by atoms with E-state index in [9.17, 15) is 0 Å². The molecule has 0 saturated heterocycles. The van der Waals surface area contributed by atoms with Gasteiger partial charge in [0.1, 0.15) is 0 Å². The van der Waals surface area contributed by atoms with Crippen molar-refractivity contribution in [2.24, 2.45) is 0 Å². The van der Waals surface area contributed by atoms with Gasteiger partial charge in [0.2, 0.25) is 0 Å². The van der Waals surface area contributed by atoms with E-state index < -0.39 is 0 Å². The lowest BCUT2D eigenvalue weighted by Gasteiger charge is -1.48. The molecule has 0 bridgehead atoms. The van der Waals surface area contributed by atoms with Gasteiger partial charge < -0.3 is 0 Å². The molecule has 0 N–H and O–H groups in total. The molecule has 0 aromatic heterocycles. The molecule has 0 aliphatic rings. The highest BCUT2D eigenvalue weighted by atomic mass is 31.0. The van der Waals surface area contributed by atoms with Crippen LogP contribution < -0.4 is 0 Å². The lowest BCUT2D eigenvalue weighted by molar-refractivity contribution is 1.09. The van der Waals surface area contributed by atoms with Crippen LogP contribution in [0.2, 0.25) is 0 Å². The van der Waals surface area contributed by atoms with E-state index in [0.717, 1.165) is 0 Å². The Balaban J connectivity index is -0.0000000200. The first kappa shape index (κ1) is 16.9. The Bertz CT molecular complexity index is 4.85. The highest BCUT2D eigenvalue weighted by Crippen LogP contribution is 1.56. The second-order valence-corrected chi connectivity index (χ2v) is 0.707. The van der Waals surface area contributed by atoms with Crippen LogP contribution in [0, 0.1) is 0 Å². The van der Waals surface area contributed by atoms with Crippen molar-refractivity contribution in [3.05, 3.63) is 0 Å². The summed E-state index contributed by atoms with van der Waals surface area (Å²) in [6.45, 7) is 4.25. The number of hydrogen-bond donors (Lipinski definition) is 0. The topological polar surface area (TPSA) is 0 Å². The standard InChI is InChI=1S/C3H8.2H3P/c1-3-2;;/h3H2,1-2H3;2*1H3. The summed E-state index contributed by atoms with van der Waals surface area (Å²) >= 11 is 0. The molecule has 0 aromatic rings. The molecule has 0 rings (SSSR count). The highest BCUT2D eigenvalue weighted by Gasteiger charge is 1.35. The lowest BCUT2D eigenvalue weighted by atomic mass is 10.6. The minimum atomic E-state index is 0. The largest absolute Gasteiger partial charge is 0.153 e. The molecule has 0 aliphatic heterocycles. The van der Waals surface area contributed by atoms with Crippen molar-refractivity contribution in [3.63, 3.8) is 0 Å². The second-order valence-electron chi connectivity index (χ2n) is 0.707. The van der Waals surface area contributed by atoms with Gasteiger partial charge in [0.25, 0.3) is 0 Å². The molecule has 5 heavy (non-hydrogen) atoms. The normalized spacial score (nSPS) is 3.60. The third kappa shape index (κ3) is 53.7. The maximum Gasteiger partial charge on any atom is -0.0590 e. The molecule has 2 atom stereocenters. The van der Waals surface area contributed by atoms with Crippen molar-refractivity contribution >= 4 is 19.8 Å². The molecule has 0 spiro atoms. The highest BCUT2D eigenvalue weighted by molar-refractivity contribution is 6.92. The Morgan fingerprint density at radius 2 is 1.00 bits per heavy atom. The minimum Gasteiger partial charge on any atom is -0.153 e. The molecule has 0 saturated carbocycles. The van der Waals surface area contributed by atoms with Crippen LogP contribution in [0.3, 0.4) is 0 Å². The zero-order valence-electron chi connectivity index (χ0n) is 4.12. The van der Waals surface area contributed by atoms with Crippen molar-refractivity contribution in [3.8, 4) is 0 Å². The Labute approximate surface area is 41.0 Å². The van der Waals surface area contributed by atoms with Crippen LogP contribution in [-0.4, -0.2) is 0 Å². The van der Waals surface area contributed by atoms with Gasteiger partial charge in [-0.05, 0) is 0 Å². The fourth-order valence-electron chi connectivity index (χ4n) is 0. The molecule has 0 heterocycles. The third-order valence-electron chi connectivity index (χ3n) is 0. The molecule has 0 nitrogen and oxygen atoms in total. The smallest absolute Gasteiger partial charge is 0.0590 e. The van der Waals surface area contributed by atoms with E-state index in [-0.39, 0.29) is 19.8 Å². The van der Waals surface area contributed by atoms with Crippen LogP contribution in [-0.2, 0) is 0 Å². The number of rotatable bonds is 0. The second kappa shape index (κ2) is 20.9. The van der Waals surface area contributed by atoms with E-state index in [4.69, 9.17) is 0 Å². The van der Waals surface area contributed by atoms with E-state index in [2.05, 4.69) is 13.8 Å². The van der Waals surface area contributed by atoms with Gasteiger partial charge in [-0.3, -0.25) is 0 Å². The molecule has 2 unspecified atom stereocenters. The Morgan fingerprint density at radius 3 is 1.00 bits per heavy atom. The van der Waals surface area contributed by atoms with Gasteiger partial charge in [-0.1, -0.05) is 20.3 Å². The van der Waals surface area contributed by atoms with Gasteiger partial charge in [0.05, 0.1) is 0 Å². The average Bonchev–Trinajstić information content (AvgIpc) is 0.918. The molecule has 0 fully saturated rings. The molecular weight excluding hydrogens is 98.0 g/mol. The lowest BCUT2D eigenvalue weighted by Crippen LogP contribution is -1.27. The van der Waals surface area contributed by atoms with Gasteiger partial charge in [0.15, 0.2) is 0 Å².